The Morgan fingerprint density at radius 3 is 2.75 bits per heavy atom. The Bertz CT molecular complexity index is 323. The van der Waals surface area contributed by atoms with Gasteiger partial charge in [0.05, 0.1) is 0 Å². The van der Waals surface area contributed by atoms with Crippen LogP contribution >= 0.6 is 11.9 Å². The molecule has 0 amide bonds. The molecule has 0 aliphatic carbocycles. The first-order valence-corrected chi connectivity index (χ1v) is 21.5. The van der Waals surface area contributed by atoms with Crippen LogP contribution in [0, 0.1) is 0 Å². The molecule has 2 rings (SSSR count). The molecule has 16 heavy (non-hydrogen) atoms. The molecule has 1 aliphatic heterocycles. The molecule has 0 aromatic heterocycles. The van der Waals surface area contributed by atoms with Crippen LogP contribution in [0.2, 0.25) is 3.93 Å². The van der Waals surface area contributed by atoms with Gasteiger partial charge in [0.1, 0.15) is 0 Å². The molecule has 1 saturated heterocycles. The zero-order chi connectivity index (χ0) is 11.4. The van der Waals surface area contributed by atoms with Crippen molar-refractivity contribution in [3.63, 3.8) is 0 Å². The molecule has 0 spiro atoms. The summed E-state index contributed by atoms with van der Waals surface area (Å²) in [5.74, 6) is 0. The second-order valence-corrected chi connectivity index (χ2v) is 15.1. The van der Waals surface area contributed by atoms with Crippen LogP contribution in [0.4, 0.5) is 0 Å². The van der Waals surface area contributed by atoms with Gasteiger partial charge in [-0.05, 0) is 0 Å². The van der Waals surface area contributed by atoms with Crippen LogP contribution in [0.15, 0.2) is 30.3 Å². The fourth-order valence-electron chi connectivity index (χ4n) is 2.00. The maximum absolute atomic E-state index is 5.63. The second-order valence-electron chi connectivity index (χ2n) is 4.41. The van der Waals surface area contributed by atoms with Gasteiger partial charge in [0, 0.05) is 0 Å². The summed E-state index contributed by atoms with van der Waals surface area (Å²) in [5.41, 5.74) is 0.943. The van der Waals surface area contributed by atoms with E-state index in [9.17, 15) is 0 Å². The first-order valence-electron chi connectivity index (χ1n) is 5.70. The zero-order valence-electron chi connectivity index (χ0n) is 9.49. The average Bonchev–Trinajstić information content (AvgIpc) is 2.34. The van der Waals surface area contributed by atoms with Crippen molar-refractivity contribution in [1.82, 2.24) is 0 Å². The van der Waals surface area contributed by atoms with Crippen molar-refractivity contribution in [2.75, 3.05) is 0 Å². The van der Waals surface area contributed by atoms with Gasteiger partial charge in [-0.25, -0.2) is 0 Å². The summed E-state index contributed by atoms with van der Waals surface area (Å²) in [6.45, 7) is 2.11. The van der Waals surface area contributed by atoms with Gasteiger partial charge in [0.25, 0.3) is 0 Å². The summed E-state index contributed by atoms with van der Waals surface area (Å²) < 4.78 is 1.23. The summed E-state index contributed by atoms with van der Waals surface area (Å²) in [5, 5.41) is 0. The molecule has 0 bridgehead atoms. The van der Waals surface area contributed by atoms with Crippen LogP contribution in [0.3, 0.4) is 0 Å². The Labute approximate surface area is 114 Å². The first-order chi connectivity index (χ1) is 7.74. The number of hydrogen-bond donors (Lipinski definition) is 0. The summed E-state index contributed by atoms with van der Waals surface area (Å²) in [6.07, 6.45) is 2.48. The molecule has 84 valence electrons. The van der Waals surface area contributed by atoms with E-state index in [4.69, 9.17) is 9.78 Å². The summed E-state index contributed by atoms with van der Waals surface area (Å²) in [4.78, 5) is 11.1. The van der Waals surface area contributed by atoms with Gasteiger partial charge in [-0.2, -0.15) is 0 Å². The molecule has 0 N–H and O–H groups in total. The molecule has 1 heterocycles. The molecule has 1 aromatic rings. The molecule has 4 heteroatoms. The molecule has 0 saturated carbocycles. The van der Waals surface area contributed by atoms with E-state index in [1.165, 1.54) is 9.49 Å². The number of benzene rings is 1. The first kappa shape index (κ1) is 13.0. The van der Waals surface area contributed by atoms with Gasteiger partial charge in [-0.15, -0.1) is 0 Å². The van der Waals surface area contributed by atoms with E-state index >= 15 is 0 Å². The third kappa shape index (κ3) is 3.06. The van der Waals surface area contributed by atoms with Crippen molar-refractivity contribution in [3.8, 4) is 0 Å². The van der Waals surface area contributed by atoms with Crippen molar-refractivity contribution in [1.29, 1.82) is 0 Å². The molecule has 0 radical (unpaired) electrons. The normalized spacial score (nSPS) is 29.8. The molecule has 1 unspecified atom stereocenters. The van der Waals surface area contributed by atoms with Gasteiger partial charge in [-0.3, -0.25) is 0 Å². The van der Waals surface area contributed by atoms with E-state index in [1.807, 2.05) is 18.2 Å². The summed E-state index contributed by atoms with van der Waals surface area (Å²) in [6, 6.07) is 10.3. The molecule has 2 atom stereocenters. The summed E-state index contributed by atoms with van der Waals surface area (Å²) in [7, 11) is 0. The minimum atomic E-state index is -0.773. The van der Waals surface area contributed by atoms with Gasteiger partial charge in [0.15, 0.2) is 0 Å². The van der Waals surface area contributed by atoms with Gasteiger partial charge in [0.2, 0.25) is 0 Å². The molecule has 1 aliphatic rings. The fraction of sp³-hybridized carbons (Fsp3) is 0.500. The fourth-order valence-corrected chi connectivity index (χ4v) is 8.92. The van der Waals surface area contributed by atoms with E-state index in [0.717, 1.165) is 12.8 Å². The zero-order valence-corrected chi connectivity index (χ0v) is 16.6. The third-order valence-corrected chi connectivity index (χ3v) is 10.5. The van der Waals surface area contributed by atoms with Crippen LogP contribution in [-0.2, 0) is 37.5 Å². The van der Waals surface area contributed by atoms with Crippen LogP contribution in [0.25, 0.3) is 0 Å². The van der Waals surface area contributed by atoms with Crippen LogP contribution in [0.5, 0.6) is 0 Å². The SMILES string of the molecule is C[C@@]1(c2ccccc2)CCC([CH2][Hg][Br])OO1. The van der Waals surface area contributed by atoms with E-state index in [0.29, 0.717) is 6.10 Å². The minimum absolute atomic E-state index is 0.263. The van der Waals surface area contributed by atoms with E-state index in [2.05, 4.69) is 31.0 Å². The average molecular weight is 472 g/mol. The Kier molecular flexibility index (Phi) is 4.82. The topological polar surface area (TPSA) is 18.5 Å². The Morgan fingerprint density at radius 1 is 1.44 bits per heavy atom. The number of hydrogen-bond acceptors (Lipinski definition) is 2. The van der Waals surface area contributed by atoms with E-state index in [-0.39, 0.29) is 5.60 Å². The van der Waals surface area contributed by atoms with Crippen LogP contribution in [0.1, 0.15) is 25.3 Å². The van der Waals surface area contributed by atoms with E-state index < -0.39 is 22.1 Å². The van der Waals surface area contributed by atoms with Crippen LogP contribution in [-0.4, -0.2) is 6.10 Å². The van der Waals surface area contributed by atoms with Crippen molar-refractivity contribution in [3.05, 3.63) is 35.9 Å². The predicted molar refractivity (Wildman–Crippen MR) is 62.7 cm³/mol. The van der Waals surface area contributed by atoms with Gasteiger partial charge in [-0.1, -0.05) is 0 Å². The second kappa shape index (κ2) is 5.94. The standard InChI is InChI=1S/C12H15O2.BrH.Hg/c1-10-8-9-12(2,14-13-10)11-6-4-3-5-7-11;;/h3-7,10H,1,8-9H2,2H3;1H;/q;;+1/p-1/t10?,12-;;/m0../s1. The van der Waals surface area contributed by atoms with Crippen molar-refractivity contribution >= 4 is 11.9 Å². The predicted octanol–water partition coefficient (Wildman–Crippen LogP) is 3.82. The van der Waals surface area contributed by atoms with Crippen molar-refractivity contribution in [2.24, 2.45) is 0 Å². The number of halogens is 1. The number of rotatable bonds is 3. The molecular weight excluding hydrogens is 457 g/mol. The van der Waals surface area contributed by atoms with E-state index in [1.54, 1.807) is 0 Å². The maximum atomic E-state index is 5.63. The Balaban J connectivity index is 2.01. The third-order valence-electron chi connectivity index (χ3n) is 3.13. The molecule has 1 fully saturated rings. The van der Waals surface area contributed by atoms with Crippen LogP contribution < -0.4 is 0 Å². The quantitative estimate of drug-likeness (QED) is 0.493. The Morgan fingerprint density at radius 2 is 2.19 bits per heavy atom. The van der Waals surface area contributed by atoms with Crippen molar-refractivity contribution in [2.45, 2.75) is 35.4 Å². The van der Waals surface area contributed by atoms with Gasteiger partial charge < -0.3 is 0 Å². The van der Waals surface area contributed by atoms with Gasteiger partial charge >= 0.3 is 115 Å². The monoisotopic (exact) mass is 472 g/mol. The van der Waals surface area contributed by atoms with Crippen molar-refractivity contribution < 1.29 is 31.9 Å². The molecule has 1 aromatic carbocycles. The summed E-state index contributed by atoms with van der Waals surface area (Å²) >= 11 is 2.87. The molecule has 2 nitrogen and oxygen atoms in total. The Hall–Kier alpha value is 0.555. The molecular formula is C12H15BrHgO2.